The second-order valence-corrected chi connectivity index (χ2v) is 3.50. The number of ether oxygens (including phenoxy) is 1. The number of nitrogens with one attached hydrogen (secondary N) is 1. The van der Waals surface area contributed by atoms with Crippen molar-refractivity contribution >= 4 is 0 Å². The Morgan fingerprint density at radius 2 is 2.43 bits per heavy atom. The number of aromatic nitrogens is 2. The Labute approximate surface area is 85.3 Å². The van der Waals surface area contributed by atoms with Crippen LogP contribution in [0.25, 0.3) is 0 Å². The van der Waals surface area contributed by atoms with Crippen LogP contribution >= 0.6 is 0 Å². The van der Waals surface area contributed by atoms with E-state index in [1.54, 1.807) is 7.11 Å². The summed E-state index contributed by atoms with van der Waals surface area (Å²) in [7, 11) is 5.63. The van der Waals surface area contributed by atoms with Gasteiger partial charge in [0.1, 0.15) is 0 Å². The van der Waals surface area contributed by atoms with E-state index in [9.17, 15) is 0 Å². The van der Waals surface area contributed by atoms with Crippen molar-refractivity contribution in [2.75, 3.05) is 20.8 Å². The SMILES string of the molecule is CNC(CCc1cnn(C)c1)COC. The molecule has 1 unspecified atom stereocenters. The van der Waals surface area contributed by atoms with Crippen molar-refractivity contribution in [3.05, 3.63) is 18.0 Å². The Morgan fingerprint density at radius 1 is 1.64 bits per heavy atom. The number of methoxy groups -OCH3 is 1. The van der Waals surface area contributed by atoms with E-state index in [0.717, 1.165) is 19.4 Å². The van der Waals surface area contributed by atoms with Gasteiger partial charge in [0.25, 0.3) is 0 Å². The van der Waals surface area contributed by atoms with Gasteiger partial charge in [-0.2, -0.15) is 5.10 Å². The van der Waals surface area contributed by atoms with E-state index >= 15 is 0 Å². The maximum atomic E-state index is 5.11. The smallest absolute Gasteiger partial charge is 0.0615 e. The summed E-state index contributed by atoms with van der Waals surface area (Å²) in [5.41, 5.74) is 1.28. The first-order valence-electron chi connectivity index (χ1n) is 4.90. The predicted molar refractivity (Wildman–Crippen MR) is 56.3 cm³/mol. The van der Waals surface area contributed by atoms with Gasteiger partial charge in [-0.25, -0.2) is 0 Å². The molecule has 1 atom stereocenters. The molecule has 1 rings (SSSR count). The number of hydrogen-bond donors (Lipinski definition) is 1. The van der Waals surface area contributed by atoms with E-state index in [2.05, 4.69) is 16.6 Å². The topological polar surface area (TPSA) is 39.1 Å². The lowest BCUT2D eigenvalue weighted by Gasteiger charge is -2.13. The zero-order chi connectivity index (χ0) is 10.4. The molecule has 4 nitrogen and oxygen atoms in total. The minimum Gasteiger partial charge on any atom is -0.383 e. The fourth-order valence-corrected chi connectivity index (χ4v) is 1.45. The summed E-state index contributed by atoms with van der Waals surface area (Å²) in [6.07, 6.45) is 6.10. The quantitative estimate of drug-likeness (QED) is 0.725. The zero-order valence-corrected chi connectivity index (χ0v) is 9.16. The van der Waals surface area contributed by atoms with Crippen LogP contribution in [-0.2, 0) is 18.2 Å². The van der Waals surface area contributed by atoms with E-state index in [-0.39, 0.29) is 0 Å². The molecule has 1 N–H and O–H groups in total. The Balaban J connectivity index is 2.31. The molecule has 0 saturated heterocycles. The van der Waals surface area contributed by atoms with Crippen molar-refractivity contribution in [1.82, 2.24) is 15.1 Å². The Hall–Kier alpha value is -0.870. The van der Waals surface area contributed by atoms with Gasteiger partial charge in [0.15, 0.2) is 0 Å². The fourth-order valence-electron chi connectivity index (χ4n) is 1.45. The summed E-state index contributed by atoms with van der Waals surface area (Å²) in [6.45, 7) is 0.761. The molecular formula is C10H19N3O. The van der Waals surface area contributed by atoms with E-state index in [1.807, 2.05) is 25.0 Å². The van der Waals surface area contributed by atoms with Crippen LogP contribution in [0.1, 0.15) is 12.0 Å². The third kappa shape index (κ3) is 3.47. The summed E-state index contributed by atoms with van der Waals surface area (Å²) in [5.74, 6) is 0. The molecule has 0 aliphatic rings. The van der Waals surface area contributed by atoms with Crippen LogP contribution in [0.5, 0.6) is 0 Å². The first kappa shape index (κ1) is 11.2. The lowest BCUT2D eigenvalue weighted by Crippen LogP contribution is -2.30. The third-order valence-corrected chi connectivity index (χ3v) is 2.32. The van der Waals surface area contributed by atoms with Crippen LogP contribution in [0.4, 0.5) is 0 Å². The highest BCUT2D eigenvalue weighted by Crippen LogP contribution is 2.03. The normalized spacial score (nSPS) is 13.1. The highest BCUT2D eigenvalue weighted by atomic mass is 16.5. The Kier molecular flexibility index (Phi) is 4.62. The molecule has 4 heteroatoms. The summed E-state index contributed by atoms with van der Waals surface area (Å²) >= 11 is 0. The summed E-state index contributed by atoms with van der Waals surface area (Å²) in [4.78, 5) is 0. The molecule has 0 bridgehead atoms. The molecule has 0 fully saturated rings. The maximum Gasteiger partial charge on any atom is 0.0615 e. The van der Waals surface area contributed by atoms with Gasteiger partial charge < -0.3 is 10.1 Å². The Bertz CT molecular complexity index is 260. The van der Waals surface area contributed by atoms with Gasteiger partial charge >= 0.3 is 0 Å². The first-order valence-corrected chi connectivity index (χ1v) is 4.90. The highest BCUT2D eigenvalue weighted by molar-refractivity contribution is 5.03. The van der Waals surface area contributed by atoms with Gasteiger partial charge in [0, 0.05) is 26.4 Å². The van der Waals surface area contributed by atoms with E-state index in [4.69, 9.17) is 4.74 Å². The molecule has 0 aliphatic carbocycles. The second kappa shape index (κ2) is 5.78. The van der Waals surface area contributed by atoms with Crippen LogP contribution in [0.15, 0.2) is 12.4 Å². The highest BCUT2D eigenvalue weighted by Gasteiger charge is 2.06. The van der Waals surface area contributed by atoms with Crippen LogP contribution in [0.2, 0.25) is 0 Å². The van der Waals surface area contributed by atoms with Gasteiger partial charge in [-0.3, -0.25) is 4.68 Å². The molecule has 0 aromatic carbocycles. The maximum absolute atomic E-state index is 5.11. The average Bonchev–Trinajstić information content (AvgIpc) is 2.59. The van der Waals surface area contributed by atoms with E-state index in [1.165, 1.54) is 5.56 Å². The lowest BCUT2D eigenvalue weighted by atomic mass is 10.1. The van der Waals surface area contributed by atoms with Crippen LogP contribution in [-0.4, -0.2) is 36.6 Å². The zero-order valence-electron chi connectivity index (χ0n) is 9.16. The lowest BCUT2D eigenvalue weighted by molar-refractivity contribution is 0.166. The van der Waals surface area contributed by atoms with Crippen LogP contribution in [0, 0.1) is 0 Å². The number of likely N-dealkylation sites (N-methyl/N-ethyl adjacent to an activating group) is 1. The van der Waals surface area contributed by atoms with Crippen molar-refractivity contribution in [3.8, 4) is 0 Å². The summed E-state index contributed by atoms with van der Waals surface area (Å²) in [5, 5.41) is 7.36. The van der Waals surface area contributed by atoms with Gasteiger partial charge in [0.05, 0.1) is 12.8 Å². The number of rotatable bonds is 6. The average molecular weight is 197 g/mol. The first-order chi connectivity index (χ1) is 6.76. The van der Waals surface area contributed by atoms with E-state index in [0.29, 0.717) is 6.04 Å². The summed E-state index contributed by atoms with van der Waals surface area (Å²) < 4.78 is 6.94. The minimum atomic E-state index is 0.431. The molecule has 1 aromatic heterocycles. The van der Waals surface area contributed by atoms with Crippen LogP contribution < -0.4 is 5.32 Å². The van der Waals surface area contributed by atoms with E-state index < -0.39 is 0 Å². The molecule has 14 heavy (non-hydrogen) atoms. The van der Waals surface area contributed by atoms with Gasteiger partial charge in [-0.15, -0.1) is 0 Å². The van der Waals surface area contributed by atoms with Gasteiger partial charge in [-0.05, 0) is 25.5 Å². The van der Waals surface area contributed by atoms with Gasteiger partial charge in [-0.1, -0.05) is 0 Å². The monoisotopic (exact) mass is 197 g/mol. The molecular weight excluding hydrogens is 178 g/mol. The van der Waals surface area contributed by atoms with Gasteiger partial charge in [0.2, 0.25) is 0 Å². The standard InChI is InChI=1S/C10H19N3O/c1-11-10(8-14-3)5-4-9-6-12-13(2)7-9/h6-7,10-11H,4-5,8H2,1-3H3. The van der Waals surface area contributed by atoms with Crippen molar-refractivity contribution in [3.63, 3.8) is 0 Å². The number of aryl methyl sites for hydroxylation is 2. The number of hydrogen-bond acceptors (Lipinski definition) is 3. The predicted octanol–water partition coefficient (Wildman–Crippen LogP) is 0.587. The van der Waals surface area contributed by atoms with Crippen LogP contribution in [0.3, 0.4) is 0 Å². The van der Waals surface area contributed by atoms with Crippen molar-refractivity contribution in [1.29, 1.82) is 0 Å². The minimum absolute atomic E-state index is 0.431. The molecule has 1 aromatic rings. The molecule has 80 valence electrons. The molecule has 0 radical (unpaired) electrons. The fraction of sp³-hybridized carbons (Fsp3) is 0.700. The van der Waals surface area contributed by atoms with Crippen molar-refractivity contribution in [2.24, 2.45) is 7.05 Å². The van der Waals surface area contributed by atoms with Crippen molar-refractivity contribution < 1.29 is 4.74 Å². The summed E-state index contributed by atoms with van der Waals surface area (Å²) in [6, 6.07) is 0.431. The molecule has 0 spiro atoms. The Morgan fingerprint density at radius 3 is 2.93 bits per heavy atom. The largest absolute Gasteiger partial charge is 0.383 e. The number of nitrogens with zero attached hydrogens (tertiary/aromatic N) is 2. The molecule has 0 saturated carbocycles. The molecule has 0 amide bonds. The molecule has 0 aliphatic heterocycles. The van der Waals surface area contributed by atoms with Crippen molar-refractivity contribution in [2.45, 2.75) is 18.9 Å². The molecule has 1 heterocycles. The second-order valence-electron chi connectivity index (χ2n) is 3.50. The third-order valence-electron chi connectivity index (χ3n) is 2.32.